The highest BCUT2D eigenvalue weighted by Gasteiger charge is 2.41. The molecule has 6 rings (SSSR count). The quantitative estimate of drug-likeness (QED) is 0.180. The van der Waals surface area contributed by atoms with Crippen molar-refractivity contribution >= 4 is 11.6 Å². The van der Waals surface area contributed by atoms with Crippen LogP contribution in [0.25, 0.3) is 11.4 Å². The first-order valence-corrected chi connectivity index (χ1v) is 14.6. The maximum absolute atomic E-state index is 12.7. The summed E-state index contributed by atoms with van der Waals surface area (Å²) in [6.45, 7) is 5.87. The predicted octanol–water partition coefficient (Wildman–Crippen LogP) is 6.72. The normalized spacial score (nSPS) is 11.8. The van der Waals surface area contributed by atoms with E-state index in [1.807, 2.05) is 104 Å². The molecule has 0 radical (unpaired) electrons. The number of halogens is 1. The van der Waals surface area contributed by atoms with Crippen LogP contribution in [0.2, 0.25) is 5.02 Å². The van der Waals surface area contributed by atoms with Crippen molar-refractivity contribution < 1.29 is 4.74 Å². The molecule has 0 N–H and O–H groups in total. The monoisotopic (exact) mass is 602 g/mol. The number of ether oxygens (including phenoxy) is 1. The van der Waals surface area contributed by atoms with Gasteiger partial charge in [-0.3, -0.25) is 4.79 Å². The van der Waals surface area contributed by atoms with Gasteiger partial charge in [0.25, 0.3) is 5.56 Å². The van der Waals surface area contributed by atoms with Crippen LogP contribution in [0.4, 0.5) is 0 Å². The van der Waals surface area contributed by atoms with Crippen LogP contribution >= 0.6 is 11.6 Å². The smallest absolute Gasteiger partial charge is 0.289 e. The number of aromatic nitrogens is 6. The number of hydrogen-bond donors (Lipinski definition) is 0. The molecule has 220 valence electrons. The Kier molecular flexibility index (Phi) is 7.84. The number of nitrogens with zero attached hydrogens (tertiary/aromatic N) is 6. The molecule has 0 aliphatic heterocycles. The van der Waals surface area contributed by atoms with Crippen molar-refractivity contribution in [3.8, 4) is 17.1 Å². The van der Waals surface area contributed by atoms with Crippen molar-refractivity contribution in [3.05, 3.63) is 159 Å². The van der Waals surface area contributed by atoms with E-state index in [0.29, 0.717) is 5.82 Å². The number of benzene rings is 4. The molecular weight excluding hydrogens is 572 g/mol. The van der Waals surface area contributed by atoms with Crippen LogP contribution in [-0.4, -0.2) is 30.0 Å². The van der Waals surface area contributed by atoms with Gasteiger partial charge in [0.2, 0.25) is 0 Å². The zero-order chi connectivity index (χ0) is 30.7. The van der Waals surface area contributed by atoms with Gasteiger partial charge in [0, 0.05) is 5.56 Å². The molecule has 0 amide bonds. The molecule has 0 atom stereocenters. The zero-order valence-electron chi connectivity index (χ0n) is 24.6. The Labute approximate surface area is 260 Å². The lowest BCUT2D eigenvalue weighted by Crippen LogP contribution is -2.39. The van der Waals surface area contributed by atoms with E-state index in [-0.39, 0.29) is 17.4 Å². The van der Waals surface area contributed by atoms with Gasteiger partial charge in [-0.05, 0) is 53.5 Å². The van der Waals surface area contributed by atoms with Crippen LogP contribution in [0.3, 0.4) is 0 Å². The van der Waals surface area contributed by atoms with Crippen LogP contribution in [0.1, 0.15) is 43.0 Å². The van der Waals surface area contributed by atoms with E-state index in [9.17, 15) is 4.79 Å². The third-order valence-corrected chi connectivity index (χ3v) is 7.84. The van der Waals surface area contributed by atoms with Gasteiger partial charge < -0.3 is 4.74 Å². The third-order valence-electron chi connectivity index (χ3n) is 7.49. The fourth-order valence-corrected chi connectivity index (χ4v) is 5.59. The molecule has 0 aliphatic rings. The molecule has 8 nitrogen and oxygen atoms in total. The fraction of sp³-hybridized carbons (Fsp3) is 0.171. The topological polar surface area (TPSA) is 87.7 Å². The maximum atomic E-state index is 12.7. The van der Waals surface area contributed by atoms with Gasteiger partial charge in [0.1, 0.15) is 12.1 Å². The molecule has 0 saturated carbocycles. The number of rotatable bonds is 8. The van der Waals surface area contributed by atoms with E-state index in [1.165, 1.54) is 10.9 Å². The minimum absolute atomic E-state index is 0.00444. The van der Waals surface area contributed by atoms with Crippen LogP contribution in [0.15, 0.2) is 126 Å². The Hall–Kier alpha value is -5.08. The van der Waals surface area contributed by atoms with Gasteiger partial charge >= 0.3 is 0 Å². The molecule has 0 bridgehead atoms. The first kappa shape index (κ1) is 29.0. The predicted molar refractivity (Wildman–Crippen MR) is 171 cm³/mol. The Morgan fingerprint density at radius 1 is 0.727 bits per heavy atom. The highest BCUT2D eigenvalue weighted by atomic mass is 35.5. The summed E-state index contributed by atoms with van der Waals surface area (Å²) in [6.07, 6.45) is 1.48. The summed E-state index contributed by atoms with van der Waals surface area (Å²) in [6, 6.07) is 38.6. The summed E-state index contributed by atoms with van der Waals surface area (Å²) in [7, 11) is 0. The Balaban J connectivity index is 1.38. The highest BCUT2D eigenvalue weighted by molar-refractivity contribution is 6.31. The molecule has 2 aromatic heterocycles. The molecule has 0 spiro atoms. The van der Waals surface area contributed by atoms with E-state index >= 15 is 0 Å². The maximum Gasteiger partial charge on any atom is 0.289 e. The Bertz CT molecular complexity index is 1820. The molecule has 2 heterocycles. The molecular formula is C35H31ClN6O2. The molecule has 6 aromatic rings. The van der Waals surface area contributed by atoms with Crippen molar-refractivity contribution in [2.75, 3.05) is 0 Å². The lowest BCUT2D eigenvalue weighted by Gasteiger charge is -2.36. The van der Waals surface area contributed by atoms with E-state index in [4.69, 9.17) is 16.3 Å². The second-order valence-electron chi connectivity index (χ2n) is 11.4. The van der Waals surface area contributed by atoms with Crippen molar-refractivity contribution in [2.45, 2.75) is 38.5 Å². The Morgan fingerprint density at radius 2 is 1.25 bits per heavy atom. The van der Waals surface area contributed by atoms with E-state index < -0.39 is 16.6 Å². The van der Waals surface area contributed by atoms with E-state index in [1.54, 1.807) is 0 Å². The highest BCUT2D eigenvalue weighted by Crippen LogP contribution is 2.42. The molecule has 0 unspecified atom stereocenters. The SMILES string of the molecule is CC(C)(C)n1ncc(OCc2ccc(-c3nnnn3C(c3ccccc3)(c3ccccc3)c3ccccc3)cc2)c(Cl)c1=O. The number of hydrogen-bond acceptors (Lipinski definition) is 6. The lowest BCUT2D eigenvalue weighted by atomic mass is 9.77. The molecule has 0 aliphatic carbocycles. The van der Waals surface area contributed by atoms with Gasteiger partial charge in [-0.25, -0.2) is 9.36 Å². The molecule has 44 heavy (non-hydrogen) atoms. The second kappa shape index (κ2) is 11.9. The first-order chi connectivity index (χ1) is 21.3. The largest absolute Gasteiger partial charge is 0.485 e. The van der Waals surface area contributed by atoms with Gasteiger partial charge in [-0.2, -0.15) is 5.10 Å². The van der Waals surface area contributed by atoms with Crippen LogP contribution in [-0.2, 0) is 17.7 Å². The van der Waals surface area contributed by atoms with Crippen molar-refractivity contribution in [2.24, 2.45) is 0 Å². The molecule has 4 aromatic carbocycles. The van der Waals surface area contributed by atoms with Crippen LogP contribution in [0, 0.1) is 0 Å². The number of tetrazole rings is 1. The standard InChI is InChI=1S/C35H31ClN6O2/c1-34(2,3)42-33(43)31(36)30(23-37-42)44-24-25-19-21-26(22-20-25)32-38-39-40-41(32)35(27-13-7-4-8-14-27,28-15-9-5-10-16-28)29-17-11-6-12-18-29/h4-23H,24H2,1-3H3. The van der Waals surface area contributed by atoms with Crippen LogP contribution in [0.5, 0.6) is 5.75 Å². The summed E-state index contributed by atoms with van der Waals surface area (Å²) < 4.78 is 9.15. The zero-order valence-corrected chi connectivity index (χ0v) is 25.4. The first-order valence-electron chi connectivity index (χ1n) is 14.3. The van der Waals surface area contributed by atoms with E-state index in [0.717, 1.165) is 27.8 Å². The average molecular weight is 603 g/mol. The molecule has 9 heteroatoms. The minimum atomic E-state index is -0.846. The van der Waals surface area contributed by atoms with Gasteiger partial charge in [0.05, 0.1) is 11.7 Å². The second-order valence-corrected chi connectivity index (χ2v) is 11.8. The lowest BCUT2D eigenvalue weighted by molar-refractivity contribution is 0.292. The van der Waals surface area contributed by atoms with Crippen molar-refractivity contribution in [1.82, 2.24) is 30.0 Å². The van der Waals surface area contributed by atoms with Crippen LogP contribution < -0.4 is 10.3 Å². The molecule has 0 saturated heterocycles. The van der Waals surface area contributed by atoms with Gasteiger partial charge in [0.15, 0.2) is 16.6 Å². The third kappa shape index (κ3) is 5.29. The fourth-order valence-electron chi connectivity index (χ4n) is 5.41. The van der Waals surface area contributed by atoms with Gasteiger partial charge in [-0.1, -0.05) is 127 Å². The van der Waals surface area contributed by atoms with Crippen molar-refractivity contribution in [1.29, 1.82) is 0 Å². The Morgan fingerprint density at radius 3 is 1.75 bits per heavy atom. The summed E-state index contributed by atoms with van der Waals surface area (Å²) in [5.41, 5.74) is 3.05. The summed E-state index contributed by atoms with van der Waals surface area (Å²) in [5.74, 6) is 0.843. The average Bonchev–Trinajstić information content (AvgIpc) is 3.54. The summed E-state index contributed by atoms with van der Waals surface area (Å²) in [5, 5.41) is 17.5. The van der Waals surface area contributed by atoms with E-state index in [2.05, 4.69) is 57.0 Å². The summed E-state index contributed by atoms with van der Waals surface area (Å²) >= 11 is 6.35. The van der Waals surface area contributed by atoms with Crippen molar-refractivity contribution in [3.63, 3.8) is 0 Å². The molecule has 0 fully saturated rings. The van der Waals surface area contributed by atoms with Gasteiger partial charge in [-0.15, -0.1) is 5.10 Å². The summed E-state index contributed by atoms with van der Waals surface area (Å²) in [4.78, 5) is 12.7. The minimum Gasteiger partial charge on any atom is -0.485 e.